The summed E-state index contributed by atoms with van der Waals surface area (Å²) in [5, 5.41) is 0. The fraction of sp³-hybridized carbons (Fsp3) is 0.682. The SMILES string of the molecule is O=C(CCCOCc1ccccc1)N1CCN([C@@H]2CN3CCC2CC3)CC1. The van der Waals surface area contributed by atoms with E-state index in [2.05, 4.69) is 26.8 Å². The van der Waals surface area contributed by atoms with Crippen molar-refractivity contribution in [3.05, 3.63) is 35.9 Å². The van der Waals surface area contributed by atoms with Gasteiger partial charge in [0, 0.05) is 51.8 Å². The van der Waals surface area contributed by atoms with Gasteiger partial charge in [-0.25, -0.2) is 0 Å². The van der Waals surface area contributed by atoms with E-state index in [4.69, 9.17) is 4.74 Å². The van der Waals surface area contributed by atoms with Crippen LogP contribution in [0.2, 0.25) is 0 Å². The molecule has 4 saturated heterocycles. The van der Waals surface area contributed by atoms with Crippen molar-refractivity contribution < 1.29 is 9.53 Å². The van der Waals surface area contributed by atoms with Crippen molar-refractivity contribution in [3.8, 4) is 0 Å². The van der Waals surface area contributed by atoms with E-state index >= 15 is 0 Å². The third-order valence-corrected chi connectivity index (χ3v) is 6.55. The molecule has 1 amide bonds. The van der Waals surface area contributed by atoms with Gasteiger partial charge in [0.05, 0.1) is 6.61 Å². The van der Waals surface area contributed by atoms with Gasteiger partial charge in [0.25, 0.3) is 0 Å². The van der Waals surface area contributed by atoms with Gasteiger partial charge in [-0.2, -0.15) is 0 Å². The molecule has 0 aromatic heterocycles. The molecule has 0 radical (unpaired) electrons. The Bertz CT molecular complexity index is 593. The molecule has 1 aromatic rings. The highest BCUT2D eigenvalue weighted by atomic mass is 16.5. The molecular formula is C22H33N3O2. The number of amides is 1. The zero-order valence-corrected chi connectivity index (χ0v) is 16.4. The van der Waals surface area contributed by atoms with E-state index in [0.29, 0.717) is 25.5 Å². The Balaban J connectivity index is 1.12. The number of hydrogen-bond acceptors (Lipinski definition) is 4. The van der Waals surface area contributed by atoms with Crippen LogP contribution in [0.3, 0.4) is 0 Å². The molecule has 27 heavy (non-hydrogen) atoms. The lowest BCUT2D eigenvalue weighted by Gasteiger charge is -2.51. The van der Waals surface area contributed by atoms with Crippen LogP contribution in [-0.2, 0) is 16.1 Å². The van der Waals surface area contributed by atoms with Gasteiger partial charge in [-0.15, -0.1) is 0 Å². The summed E-state index contributed by atoms with van der Waals surface area (Å²) in [4.78, 5) is 19.8. The molecule has 5 rings (SSSR count). The predicted molar refractivity (Wildman–Crippen MR) is 106 cm³/mol. The van der Waals surface area contributed by atoms with Gasteiger partial charge in [-0.05, 0) is 43.8 Å². The summed E-state index contributed by atoms with van der Waals surface area (Å²) in [5.41, 5.74) is 1.19. The van der Waals surface area contributed by atoms with Crippen molar-refractivity contribution in [2.24, 2.45) is 5.92 Å². The maximum atomic E-state index is 12.5. The Hall–Kier alpha value is -1.43. The number of fused-ring (bicyclic) bond motifs is 3. The van der Waals surface area contributed by atoms with Crippen molar-refractivity contribution in [1.29, 1.82) is 0 Å². The Morgan fingerprint density at radius 1 is 1.00 bits per heavy atom. The van der Waals surface area contributed by atoms with Gasteiger partial charge in [-0.1, -0.05) is 30.3 Å². The van der Waals surface area contributed by atoms with Crippen LogP contribution in [0.4, 0.5) is 0 Å². The Kier molecular flexibility index (Phi) is 6.43. The van der Waals surface area contributed by atoms with Gasteiger partial charge in [0.2, 0.25) is 5.91 Å². The maximum Gasteiger partial charge on any atom is 0.222 e. The van der Waals surface area contributed by atoms with Gasteiger partial charge in [0.1, 0.15) is 0 Å². The monoisotopic (exact) mass is 371 g/mol. The Labute approximate surface area is 163 Å². The molecule has 0 unspecified atom stereocenters. The quantitative estimate of drug-likeness (QED) is 0.689. The summed E-state index contributed by atoms with van der Waals surface area (Å²) in [7, 11) is 0. The molecule has 0 aliphatic carbocycles. The van der Waals surface area contributed by atoms with Gasteiger partial charge in [-0.3, -0.25) is 9.69 Å². The van der Waals surface area contributed by atoms with E-state index < -0.39 is 0 Å². The summed E-state index contributed by atoms with van der Waals surface area (Å²) < 4.78 is 5.70. The average molecular weight is 372 g/mol. The first-order chi connectivity index (χ1) is 13.3. The Morgan fingerprint density at radius 2 is 1.74 bits per heavy atom. The molecule has 148 valence electrons. The summed E-state index contributed by atoms with van der Waals surface area (Å²) in [5.74, 6) is 1.19. The highest BCUT2D eigenvalue weighted by Crippen LogP contribution is 2.31. The zero-order valence-electron chi connectivity index (χ0n) is 16.4. The van der Waals surface area contributed by atoms with Crippen LogP contribution in [0, 0.1) is 5.92 Å². The highest BCUT2D eigenvalue weighted by Gasteiger charge is 2.38. The lowest BCUT2D eigenvalue weighted by molar-refractivity contribution is -0.134. The predicted octanol–water partition coefficient (Wildman–Crippen LogP) is 2.22. The smallest absolute Gasteiger partial charge is 0.222 e. The molecule has 5 heteroatoms. The molecule has 1 atom stereocenters. The van der Waals surface area contributed by atoms with Crippen LogP contribution in [0.15, 0.2) is 30.3 Å². The van der Waals surface area contributed by atoms with Crippen molar-refractivity contribution in [2.75, 3.05) is 52.4 Å². The standard InChI is InChI=1S/C22H33N3O2/c26-22(7-4-16-27-18-19-5-2-1-3-6-19)25-14-12-24(13-15-25)21-17-23-10-8-20(21)9-11-23/h1-3,5-6,20-21H,4,7-18H2/t21-/m1/s1. The Morgan fingerprint density at radius 3 is 2.41 bits per heavy atom. The van der Waals surface area contributed by atoms with Crippen molar-refractivity contribution in [1.82, 2.24) is 14.7 Å². The lowest BCUT2D eigenvalue weighted by Crippen LogP contribution is -2.61. The first-order valence-corrected chi connectivity index (χ1v) is 10.7. The van der Waals surface area contributed by atoms with Crippen LogP contribution >= 0.6 is 0 Å². The minimum Gasteiger partial charge on any atom is -0.377 e. The normalized spacial score (nSPS) is 28.4. The van der Waals surface area contributed by atoms with Crippen LogP contribution in [-0.4, -0.2) is 79.1 Å². The average Bonchev–Trinajstić information content (AvgIpc) is 2.75. The molecule has 0 spiro atoms. The highest BCUT2D eigenvalue weighted by molar-refractivity contribution is 5.76. The summed E-state index contributed by atoms with van der Waals surface area (Å²) in [6.45, 7) is 9.01. The number of rotatable bonds is 7. The van der Waals surface area contributed by atoms with E-state index in [0.717, 1.165) is 44.6 Å². The molecule has 4 fully saturated rings. The second kappa shape index (κ2) is 9.18. The molecule has 5 nitrogen and oxygen atoms in total. The van der Waals surface area contributed by atoms with Crippen molar-refractivity contribution in [2.45, 2.75) is 38.3 Å². The van der Waals surface area contributed by atoms with E-state index in [1.807, 2.05) is 18.2 Å². The number of hydrogen-bond donors (Lipinski definition) is 0. The molecule has 2 bridgehead atoms. The van der Waals surface area contributed by atoms with Gasteiger partial charge < -0.3 is 14.5 Å². The number of benzene rings is 1. The van der Waals surface area contributed by atoms with Crippen LogP contribution < -0.4 is 0 Å². The van der Waals surface area contributed by atoms with E-state index in [9.17, 15) is 4.79 Å². The minimum atomic E-state index is 0.298. The van der Waals surface area contributed by atoms with Crippen LogP contribution in [0.25, 0.3) is 0 Å². The number of piperazine rings is 1. The molecule has 4 aliphatic rings. The number of carbonyl (C=O) groups is 1. The molecule has 4 aliphatic heterocycles. The largest absolute Gasteiger partial charge is 0.377 e. The van der Waals surface area contributed by atoms with Crippen molar-refractivity contribution >= 4 is 5.91 Å². The van der Waals surface area contributed by atoms with Gasteiger partial charge >= 0.3 is 0 Å². The number of ether oxygens (including phenoxy) is 1. The van der Waals surface area contributed by atoms with Crippen LogP contribution in [0.5, 0.6) is 0 Å². The van der Waals surface area contributed by atoms with Crippen LogP contribution in [0.1, 0.15) is 31.2 Å². The topological polar surface area (TPSA) is 36.0 Å². The fourth-order valence-corrected chi connectivity index (χ4v) is 4.90. The fourth-order valence-electron chi connectivity index (χ4n) is 4.90. The molecule has 4 heterocycles. The third-order valence-electron chi connectivity index (χ3n) is 6.55. The van der Waals surface area contributed by atoms with E-state index in [-0.39, 0.29) is 0 Å². The molecule has 1 aromatic carbocycles. The maximum absolute atomic E-state index is 12.5. The van der Waals surface area contributed by atoms with Gasteiger partial charge in [0.15, 0.2) is 0 Å². The second-order valence-corrected chi connectivity index (χ2v) is 8.26. The molecular weight excluding hydrogens is 338 g/mol. The number of piperidine rings is 3. The number of carbonyl (C=O) groups excluding carboxylic acids is 1. The third kappa shape index (κ3) is 4.89. The first kappa shape index (κ1) is 18.9. The van der Waals surface area contributed by atoms with E-state index in [1.165, 1.54) is 38.0 Å². The summed E-state index contributed by atoms with van der Waals surface area (Å²) in [6, 6.07) is 10.9. The zero-order chi connectivity index (χ0) is 18.5. The molecule has 0 saturated carbocycles. The minimum absolute atomic E-state index is 0.298. The summed E-state index contributed by atoms with van der Waals surface area (Å²) in [6.07, 6.45) is 4.15. The summed E-state index contributed by atoms with van der Waals surface area (Å²) >= 11 is 0. The van der Waals surface area contributed by atoms with E-state index in [1.54, 1.807) is 0 Å². The lowest BCUT2D eigenvalue weighted by atomic mass is 9.83. The van der Waals surface area contributed by atoms with Crippen molar-refractivity contribution in [3.63, 3.8) is 0 Å². The second-order valence-electron chi connectivity index (χ2n) is 8.26. The molecule has 0 N–H and O–H groups in total. The number of nitrogens with zero attached hydrogens (tertiary/aromatic N) is 3. The first-order valence-electron chi connectivity index (χ1n) is 10.7.